The Balaban J connectivity index is 2.62. The summed E-state index contributed by atoms with van der Waals surface area (Å²) in [5, 5.41) is 4.20. The van der Waals surface area contributed by atoms with Gasteiger partial charge in [0.2, 0.25) is 0 Å². The maximum absolute atomic E-state index is 13.9. The van der Waals surface area contributed by atoms with Crippen LogP contribution in [0.15, 0.2) is 22.7 Å². The normalized spacial score (nSPS) is 10.8. The topological polar surface area (TPSA) is 30.7 Å². The van der Waals surface area contributed by atoms with Crippen LogP contribution >= 0.6 is 15.9 Å². The van der Waals surface area contributed by atoms with E-state index < -0.39 is 0 Å². The Hall–Kier alpha value is -1.23. The summed E-state index contributed by atoms with van der Waals surface area (Å²) >= 11 is 3.16. The van der Waals surface area contributed by atoms with Gasteiger partial charge in [0.1, 0.15) is 17.3 Å². The minimum Gasteiger partial charge on any atom is -0.216 e. The summed E-state index contributed by atoms with van der Waals surface area (Å²) in [5.41, 5.74) is 0.423. The van der Waals surface area contributed by atoms with Gasteiger partial charge in [-0.1, -0.05) is 13.0 Å². The maximum atomic E-state index is 13.9. The molecule has 0 bridgehead atoms. The molecule has 2 rings (SSSR count). The van der Waals surface area contributed by atoms with Crippen molar-refractivity contribution in [1.29, 1.82) is 0 Å². The third-order valence-corrected chi connectivity index (χ3v) is 2.87. The summed E-state index contributed by atoms with van der Waals surface area (Å²) in [5.74, 6) is 1.09. The third kappa shape index (κ3) is 1.87. The molecule has 0 aliphatic rings. The lowest BCUT2D eigenvalue weighted by Crippen LogP contribution is -2.04. The molecular formula is C11H11BrFN3. The predicted molar refractivity (Wildman–Crippen MR) is 63.1 cm³/mol. The Kier molecular flexibility index (Phi) is 3.05. The molecule has 1 heterocycles. The zero-order valence-corrected chi connectivity index (χ0v) is 10.6. The fraction of sp³-hybridized carbons (Fsp3) is 0.273. The van der Waals surface area contributed by atoms with Crippen molar-refractivity contribution in [2.75, 3.05) is 0 Å². The molecule has 0 unspecified atom stereocenters. The molecule has 0 N–H and O–H groups in total. The lowest BCUT2D eigenvalue weighted by atomic mass is 10.3. The van der Waals surface area contributed by atoms with Gasteiger partial charge in [-0.3, -0.25) is 0 Å². The highest BCUT2D eigenvalue weighted by molar-refractivity contribution is 9.10. The number of hydrogen-bond donors (Lipinski definition) is 0. The van der Waals surface area contributed by atoms with E-state index in [-0.39, 0.29) is 5.82 Å². The van der Waals surface area contributed by atoms with Crippen LogP contribution in [0.4, 0.5) is 4.39 Å². The van der Waals surface area contributed by atoms with Crippen molar-refractivity contribution < 1.29 is 4.39 Å². The molecule has 0 atom stereocenters. The summed E-state index contributed by atoms with van der Waals surface area (Å²) < 4.78 is 15.9. The molecule has 0 amide bonds. The van der Waals surface area contributed by atoms with E-state index in [1.807, 2.05) is 6.92 Å². The molecule has 0 fully saturated rings. The minimum atomic E-state index is -0.317. The van der Waals surface area contributed by atoms with Crippen LogP contribution in [0.25, 0.3) is 5.69 Å². The van der Waals surface area contributed by atoms with Gasteiger partial charge in [0.15, 0.2) is 5.82 Å². The van der Waals surface area contributed by atoms with Crippen molar-refractivity contribution >= 4 is 15.9 Å². The van der Waals surface area contributed by atoms with Crippen LogP contribution in [0.5, 0.6) is 0 Å². The number of rotatable bonds is 2. The summed E-state index contributed by atoms with van der Waals surface area (Å²) in [6.45, 7) is 3.77. The lowest BCUT2D eigenvalue weighted by molar-refractivity contribution is 0.599. The largest absolute Gasteiger partial charge is 0.216 e. The summed E-state index contributed by atoms with van der Waals surface area (Å²) in [4.78, 5) is 4.25. The second-order valence-electron chi connectivity index (χ2n) is 3.41. The van der Waals surface area contributed by atoms with Gasteiger partial charge in [0, 0.05) is 6.42 Å². The molecule has 3 nitrogen and oxygen atoms in total. The van der Waals surface area contributed by atoms with Gasteiger partial charge in [-0.15, -0.1) is 0 Å². The van der Waals surface area contributed by atoms with Gasteiger partial charge in [0.25, 0.3) is 0 Å². The Morgan fingerprint density at radius 2 is 2.19 bits per heavy atom. The van der Waals surface area contributed by atoms with Gasteiger partial charge in [-0.05, 0) is 35.0 Å². The molecule has 1 aromatic carbocycles. The highest BCUT2D eigenvalue weighted by Crippen LogP contribution is 2.22. The second-order valence-corrected chi connectivity index (χ2v) is 4.27. The van der Waals surface area contributed by atoms with Crippen LogP contribution in [-0.4, -0.2) is 14.8 Å². The Bertz CT molecular complexity index is 522. The van der Waals surface area contributed by atoms with E-state index >= 15 is 0 Å². The van der Waals surface area contributed by atoms with E-state index in [1.54, 1.807) is 29.8 Å². The molecule has 0 saturated carbocycles. The average Bonchev–Trinajstić information content (AvgIpc) is 2.63. The first-order valence-electron chi connectivity index (χ1n) is 5.00. The standard InChI is InChI=1S/C11H11BrFN3/c1-3-10-14-7(2)15-16(10)9-6-4-5-8(12)11(9)13/h4-6H,3H2,1-2H3. The fourth-order valence-corrected chi connectivity index (χ4v) is 1.89. The number of halogens is 2. The van der Waals surface area contributed by atoms with E-state index in [2.05, 4.69) is 26.0 Å². The molecule has 0 aliphatic carbocycles. The summed E-state index contributed by atoms with van der Waals surface area (Å²) in [6, 6.07) is 5.13. The molecule has 0 saturated heterocycles. The van der Waals surface area contributed by atoms with Crippen LogP contribution in [0, 0.1) is 12.7 Å². The first-order chi connectivity index (χ1) is 7.63. The molecule has 84 valence electrons. The van der Waals surface area contributed by atoms with Crippen molar-refractivity contribution in [2.45, 2.75) is 20.3 Å². The van der Waals surface area contributed by atoms with Crippen molar-refractivity contribution in [3.05, 3.63) is 40.1 Å². The van der Waals surface area contributed by atoms with Gasteiger partial charge in [0.05, 0.1) is 4.47 Å². The Labute approximate surface area is 101 Å². The maximum Gasteiger partial charge on any atom is 0.163 e. The molecule has 16 heavy (non-hydrogen) atoms. The first kappa shape index (κ1) is 11.3. The van der Waals surface area contributed by atoms with E-state index in [0.717, 1.165) is 5.82 Å². The number of nitrogens with zero attached hydrogens (tertiary/aromatic N) is 3. The van der Waals surface area contributed by atoms with Gasteiger partial charge >= 0.3 is 0 Å². The van der Waals surface area contributed by atoms with E-state index in [9.17, 15) is 4.39 Å². The van der Waals surface area contributed by atoms with Crippen LogP contribution in [-0.2, 0) is 6.42 Å². The predicted octanol–water partition coefficient (Wildman–Crippen LogP) is 3.04. The van der Waals surface area contributed by atoms with Gasteiger partial charge in [-0.2, -0.15) is 5.10 Å². The number of aromatic nitrogens is 3. The molecule has 0 radical (unpaired) electrons. The monoisotopic (exact) mass is 283 g/mol. The van der Waals surface area contributed by atoms with Gasteiger partial charge in [-0.25, -0.2) is 14.1 Å². The average molecular weight is 284 g/mol. The fourth-order valence-electron chi connectivity index (χ4n) is 1.54. The molecule has 2 aromatic rings. The van der Waals surface area contributed by atoms with Crippen LogP contribution < -0.4 is 0 Å². The van der Waals surface area contributed by atoms with Crippen molar-refractivity contribution in [2.24, 2.45) is 0 Å². The molecule has 1 aromatic heterocycles. The highest BCUT2D eigenvalue weighted by atomic mass is 79.9. The molecule has 0 aliphatic heterocycles. The van der Waals surface area contributed by atoms with Crippen LogP contribution in [0.2, 0.25) is 0 Å². The molecule has 5 heteroatoms. The zero-order chi connectivity index (χ0) is 11.7. The Morgan fingerprint density at radius 1 is 1.44 bits per heavy atom. The zero-order valence-electron chi connectivity index (χ0n) is 9.04. The quantitative estimate of drug-likeness (QED) is 0.848. The molecular weight excluding hydrogens is 273 g/mol. The van der Waals surface area contributed by atoms with Crippen molar-refractivity contribution in [3.63, 3.8) is 0 Å². The third-order valence-electron chi connectivity index (χ3n) is 2.26. The first-order valence-corrected chi connectivity index (χ1v) is 5.79. The lowest BCUT2D eigenvalue weighted by Gasteiger charge is -2.06. The van der Waals surface area contributed by atoms with E-state index in [0.29, 0.717) is 22.4 Å². The van der Waals surface area contributed by atoms with Crippen molar-refractivity contribution in [3.8, 4) is 5.69 Å². The summed E-state index contributed by atoms with van der Waals surface area (Å²) in [6.07, 6.45) is 0.715. The smallest absolute Gasteiger partial charge is 0.163 e. The van der Waals surface area contributed by atoms with Crippen LogP contribution in [0.3, 0.4) is 0 Å². The number of hydrogen-bond acceptors (Lipinski definition) is 2. The highest BCUT2D eigenvalue weighted by Gasteiger charge is 2.13. The van der Waals surface area contributed by atoms with Crippen molar-refractivity contribution in [1.82, 2.24) is 14.8 Å². The second kappa shape index (κ2) is 4.33. The molecule has 0 spiro atoms. The Morgan fingerprint density at radius 3 is 2.88 bits per heavy atom. The number of aryl methyl sites for hydroxylation is 2. The SMILES string of the molecule is CCc1nc(C)nn1-c1cccc(Br)c1F. The van der Waals surface area contributed by atoms with E-state index in [1.165, 1.54) is 0 Å². The van der Waals surface area contributed by atoms with Gasteiger partial charge < -0.3 is 0 Å². The summed E-state index contributed by atoms with van der Waals surface area (Å²) in [7, 11) is 0. The minimum absolute atomic E-state index is 0.317. The number of benzene rings is 1. The van der Waals surface area contributed by atoms with E-state index in [4.69, 9.17) is 0 Å². The van der Waals surface area contributed by atoms with Crippen LogP contribution in [0.1, 0.15) is 18.6 Å².